The SMILES string of the molecule is C[C@@H]1C=C2CC(=O)CC[C@]2(C)[C@H]2CC[C@]3(C)C(c4ncccn4)=CC[C@H]3[C@H]12. The first kappa shape index (κ1) is 17.3. The highest BCUT2D eigenvalue weighted by molar-refractivity contribution is 5.82. The van der Waals surface area contributed by atoms with Crippen molar-refractivity contribution in [3.8, 4) is 0 Å². The van der Waals surface area contributed by atoms with Crippen LogP contribution >= 0.6 is 0 Å². The Labute approximate surface area is 162 Å². The molecule has 6 atom stereocenters. The second-order valence-electron chi connectivity index (χ2n) is 9.86. The largest absolute Gasteiger partial charge is 0.299 e. The second-order valence-corrected chi connectivity index (χ2v) is 9.86. The van der Waals surface area contributed by atoms with Gasteiger partial charge in [0.25, 0.3) is 0 Å². The molecule has 1 aromatic heterocycles. The van der Waals surface area contributed by atoms with Crippen LogP contribution in [-0.4, -0.2) is 15.8 Å². The third-order valence-corrected chi connectivity index (χ3v) is 8.65. The highest BCUT2D eigenvalue weighted by atomic mass is 16.1. The molecule has 0 radical (unpaired) electrons. The Morgan fingerprint density at radius 1 is 1.07 bits per heavy atom. The molecule has 1 heterocycles. The van der Waals surface area contributed by atoms with E-state index < -0.39 is 0 Å². The van der Waals surface area contributed by atoms with Crippen LogP contribution in [0, 0.1) is 34.5 Å². The van der Waals surface area contributed by atoms with Crippen molar-refractivity contribution >= 4 is 11.4 Å². The minimum Gasteiger partial charge on any atom is -0.299 e. The Bertz CT molecular complexity index is 841. The van der Waals surface area contributed by atoms with Gasteiger partial charge in [-0.25, -0.2) is 9.97 Å². The summed E-state index contributed by atoms with van der Waals surface area (Å²) in [6.45, 7) is 7.31. The highest BCUT2D eigenvalue weighted by Gasteiger charge is 2.58. The van der Waals surface area contributed by atoms with Crippen LogP contribution in [0.15, 0.2) is 36.2 Å². The molecule has 5 rings (SSSR count). The molecule has 3 nitrogen and oxygen atoms in total. The maximum Gasteiger partial charge on any atom is 0.155 e. The first-order chi connectivity index (χ1) is 12.9. The van der Waals surface area contributed by atoms with Crippen LogP contribution in [-0.2, 0) is 4.79 Å². The quantitative estimate of drug-likeness (QED) is 0.641. The van der Waals surface area contributed by atoms with E-state index in [1.54, 1.807) is 0 Å². The first-order valence-corrected chi connectivity index (χ1v) is 10.6. The lowest BCUT2D eigenvalue weighted by molar-refractivity contribution is -0.122. The number of allylic oxidation sites excluding steroid dienone is 4. The highest BCUT2D eigenvalue weighted by Crippen LogP contribution is 2.66. The predicted octanol–water partition coefficient (Wildman–Crippen LogP) is 5.25. The molecule has 0 aliphatic heterocycles. The molecule has 1 aromatic rings. The van der Waals surface area contributed by atoms with E-state index in [1.807, 2.05) is 18.5 Å². The number of carbonyl (C=O) groups is 1. The zero-order chi connectivity index (χ0) is 18.8. The van der Waals surface area contributed by atoms with E-state index in [-0.39, 0.29) is 10.8 Å². The Morgan fingerprint density at radius 3 is 2.63 bits per heavy atom. The summed E-state index contributed by atoms with van der Waals surface area (Å²) >= 11 is 0. The number of carbonyl (C=O) groups excluding carboxylic acids is 1. The van der Waals surface area contributed by atoms with Crippen LogP contribution in [0.3, 0.4) is 0 Å². The molecule has 0 spiro atoms. The molecule has 0 amide bonds. The van der Waals surface area contributed by atoms with E-state index in [1.165, 1.54) is 24.0 Å². The maximum absolute atomic E-state index is 12.1. The standard InChI is InChI=1S/C24H30N2O/c1-15-13-16-14-17(27)7-9-23(16,2)19-8-10-24(3)18(21(15)19)5-6-20(24)22-25-11-4-12-26-22/h4,6,11-13,15,18-19,21H,5,7-10,14H2,1-3H3/t15-,18+,19+,21+,23+,24+/m1/s1. The number of aromatic nitrogens is 2. The first-order valence-electron chi connectivity index (χ1n) is 10.6. The fourth-order valence-electron chi connectivity index (χ4n) is 7.19. The molecule has 0 N–H and O–H groups in total. The fraction of sp³-hybridized carbons (Fsp3) is 0.625. The van der Waals surface area contributed by atoms with Gasteiger partial charge in [-0.15, -0.1) is 0 Å². The fourth-order valence-corrected chi connectivity index (χ4v) is 7.19. The molecular formula is C24H30N2O. The third-order valence-electron chi connectivity index (χ3n) is 8.65. The van der Waals surface area contributed by atoms with Crippen LogP contribution in [0.5, 0.6) is 0 Å². The molecule has 2 saturated carbocycles. The molecule has 27 heavy (non-hydrogen) atoms. The Kier molecular flexibility index (Phi) is 3.76. The van der Waals surface area contributed by atoms with Gasteiger partial charge in [0.2, 0.25) is 0 Å². The zero-order valence-electron chi connectivity index (χ0n) is 16.7. The van der Waals surface area contributed by atoms with Crippen LogP contribution in [0.2, 0.25) is 0 Å². The van der Waals surface area contributed by atoms with E-state index >= 15 is 0 Å². The van der Waals surface area contributed by atoms with E-state index in [0.717, 1.165) is 25.1 Å². The van der Waals surface area contributed by atoms with E-state index in [4.69, 9.17) is 0 Å². The summed E-state index contributed by atoms with van der Waals surface area (Å²) in [7, 11) is 0. The minimum absolute atomic E-state index is 0.184. The van der Waals surface area contributed by atoms with Gasteiger partial charge in [0.15, 0.2) is 5.82 Å². The van der Waals surface area contributed by atoms with Crippen LogP contribution in [0.4, 0.5) is 0 Å². The number of rotatable bonds is 1. The number of hydrogen-bond donors (Lipinski definition) is 0. The number of Topliss-reactive ketones (excluding diaryl/α,β-unsaturated/α-hetero) is 1. The summed E-state index contributed by atoms with van der Waals surface area (Å²) < 4.78 is 0. The van der Waals surface area contributed by atoms with Gasteiger partial charge in [-0.05, 0) is 71.8 Å². The molecule has 0 unspecified atom stereocenters. The number of fused-ring (bicyclic) bond motifs is 5. The van der Waals surface area contributed by atoms with Crippen molar-refractivity contribution in [1.29, 1.82) is 0 Å². The summed E-state index contributed by atoms with van der Waals surface area (Å²) in [4.78, 5) is 21.3. The van der Waals surface area contributed by atoms with E-state index in [0.29, 0.717) is 35.9 Å². The van der Waals surface area contributed by atoms with Crippen molar-refractivity contribution < 1.29 is 4.79 Å². The van der Waals surface area contributed by atoms with Crippen molar-refractivity contribution in [2.75, 3.05) is 0 Å². The van der Waals surface area contributed by atoms with E-state index in [9.17, 15) is 4.79 Å². The molecule has 0 saturated heterocycles. The third kappa shape index (κ3) is 2.36. The second kappa shape index (κ2) is 5.86. The summed E-state index contributed by atoms with van der Waals surface area (Å²) in [5, 5.41) is 0. The van der Waals surface area contributed by atoms with Gasteiger partial charge in [-0.1, -0.05) is 38.5 Å². The summed E-state index contributed by atoms with van der Waals surface area (Å²) in [5.74, 6) is 3.99. The Balaban J connectivity index is 1.52. The molecule has 2 fully saturated rings. The van der Waals surface area contributed by atoms with Gasteiger partial charge < -0.3 is 0 Å². The van der Waals surface area contributed by atoms with Gasteiger partial charge in [-0.3, -0.25) is 4.79 Å². The average molecular weight is 363 g/mol. The van der Waals surface area contributed by atoms with Gasteiger partial charge in [0.1, 0.15) is 5.78 Å². The summed E-state index contributed by atoms with van der Waals surface area (Å²) in [5.41, 5.74) is 3.24. The van der Waals surface area contributed by atoms with Crippen molar-refractivity contribution in [1.82, 2.24) is 9.97 Å². The number of nitrogens with zero attached hydrogens (tertiary/aromatic N) is 2. The molecule has 4 aliphatic rings. The molecule has 0 bridgehead atoms. The normalized spacial score (nSPS) is 43.3. The molecule has 142 valence electrons. The van der Waals surface area contributed by atoms with Crippen LogP contribution in [0.25, 0.3) is 5.57 Å². The molecule has 4 aliphatic carbocycles. The summed E-state index contributed by atoms with van der Waals surface area (Å²) in [6, 6.07) is 1.90. The van der Waals surface area contributed by atoms with Gasteiger partial charge in [-0.2, -0.15) is 0 Å². The van der Waals surface area contributed by atoms with Crippen molar-refractivity contribution in [3.63, 3.8) is 0 Å². The molecule has 3 heteroatoms. The maximum atomic E-state index is 12.1. The van der Waals surface area contributed by atoms with Crippen LogP contribution in [0.1, 0.15) is 65.1 Å². The van der Waals surface area contributed by atoms with E-state index in [2.05, 4.69) is 42.9 Å². The Hall–Kier alpha value is -1.77. The zero-order valence-corrected chi connectivity index (χ0v) is 16.7. The predicted molar refractivity (Wildman–Crippen MR) is 107 cm³/mol. The lowest BCUT2D eigenvalue weighted by atomic mass is 9.45. The minimum atomic E-state index is 0.184. The van der Waals surface area contributed by atoms with Crippen molar-refractivity contribution in [2.24, 2.45) is 34.5 Å². The topological polar surface area (TPSA) is 42.9 Å². The molecular weight excluding hydrogens is 332 g/mol. The van der Waals surface area contributed by atoms with Crippen molar-refractivity contribution in [3.05, 3.63) is 42.0 Å². The van der Waals surface area contributed by atoms with Gasteiger partial charge in [0.05, 0.1) is 0 Å². The number of ketones is 1. The lowest BCUT2D eigenvalue weighted by Crippen LogP contribution is -2.52. The Morgan fingerprint density at radius 2 is 1.85 bits per heavy atom. The molecule has 0 aromatic carbocycles. The van der Waals surface area contributed by atoms with Gasteiger partial charge in [0, 0.05) is 25.2 Å². The summed E-state index contributed by atoms with van der Waals surface area (Å²) in [6.07, 6.45) is 14.8. The number of hydrogen-bond acceptors (Lipinski definition) is 3. The average Bonchev–Trinajstić information content (AvgIpc) is 3.01. The van der Waals surface area contributed by atoms with Crippen molar-refractivity contribution in [2.45, 2.75) is 59.3 Å². The van der Waals surface area contributed by atoms with Crippen LogP contribution < -0.4 is 0 Å². The lowest BCUT2D eigenvalue weighted by Gasteiger charge is -2.58. The monoisotopic (exact) mass is 362 g/mol. The van der Waals surface area contributed by atoms with Gasteiger partial charge >= 0.3 is 0 Å². The smallest absolute Gasteiger partial charge is 0.155 e.